The molecule has 1 aliphatic heterocycles. The Hall–Kier alpha value is -0.610. The van der Waals surface area contributed by atoms with Gasteiger partial charge in [-0.2, -0.15) is 0 Å². The second-order valence-corrected chi connectivity index (χ2v) is 4.12. The average Bonchev–Trinajstić information content (AvgIpc) is 2.39. The summed E-state index contributed by atoms with van der Waals surface area (Å²) in [6, 6.07) is 0.549. The summed E-state index contributed by atoms with van der Waals surface area (Å²) in [6.07, 6.45) is 2.55. The van der Waals surface area contributed by atoms with Crippen molar-refractivity contribution in [1.29, 1.82) is 0 Å². The molecule has 2 atom stereocenters. The van der Waals surface area contributed by atoms with E-state index in [2.05, 4.69) is 11.9 Å². The molecule has 0 aromatic rings. The standard InChI is InChI=1S/C10H21N3O/c1-4-9-7-10(14)13(12(9)3)6-5-8(2)11/h8-9H,4-7,11H2,1-3H3. The third-order valence-electron chi connectivity index (χ3n) is 2.87. The molecule has 82 valence electrons. The fraction of sp³-hybridized carbons (Fsp3) is 0.900. The summed E-state index contributed by atoms with van der Waals surface area (Å²) in [7, 11) is 1.99. The predicted molar refractivity (Wildman–Crippen MR) is 56.4 cm³/mol. The minimum Gasteiger partial charge on any atom is -0.328 e. The van der Waals surface area contributed by atoms with Crippen LogP contribution in [0.15, 0.2) is 0 Å². The van der Waals surface area contributed by atoms with Crippen molar-refractivity contribution in [1.82, 2.24) is 10.0 Å². The Morgan fingerprint density at radius 2 is 2.29 bits per heavy atom. The van der Waals surface area contributed by atoms with Crippen LogP contribution in [0.5, 0.6) is 0 Å². The Morgan fingerprint density at radius 3 is 2.71 bits per heavy atom. The van der Waals surface area contributed by atoms with E-state index in [1.54, 1.807) is 0 Å². The Balaban J connectivity index is 2.48. The van der Waals surface area contributed by atoms with Gasteiger partial charge in [-0.1, -0.05) is 6.92 Å². The normalized spacial score (nSPS) is 25.9. The van der Waals surface area contributed by atoms with Crippen molar-refractivity contribution >= 4 is 5.91 Å². The molecule has 1 fully saturated rings. The zero-order valence-corrected chi connectivity index (χ0v) is 9.36. The van der Waals surface area contributed by atoms with Crippen molar-refractivity contribution in [2.45, 2.75) is 45.2 Å². The van der Waals surface area contributed by atoms with Gasteiger partial charge in [0.2, 0.25) is 5.91 Å². The van der Waals surface area contributed by atoms with Crippen molar-refractivity contribution in [2.24, 2.45) is 5.73 Å². The second kappa shape index (κ2) is 4.75. The van der Waals surface area contributed by atoms with Crippen molar-refractivity contribution < 1.29 is 4.79 Å². The Labute approximate surface area is 86.0 Å². The Morgan fingerprint density at radius 1 is 1.64 bits per heavy atom. The molecule has 0 aromatic heterocycles. The van der Waals surface area contributed by atoms with E-state index in [-0.39, 0.29) is 11.9 Å². The highest BCUT2D eigenvalue weighted by Gasteiger charge is 2.33. The molecular weight excluding hydrogens is 178 g/mol. The van der Waals surface area contributed by atoms with E-state index in [0.29, 0.717) is 12.5 Å². The van der Waals surface area contributed by atoms with Gasteiger partial charge in [-0.25, -0.2) is 5.01 Å². The van der Waals surface area contributed by atoms with Gasteiger partial charge in [-0.05, 0) is 19.8 Å². The molecular formula is C10H21N3O. The second-order valence-electron chi connectivity index (χ2n) is 4.12. The lowest BCUT2D eigenvalue weighted by atomic mass is 10.2. The zero-order valence-electron chi connectivity index (χ0n) is 9.36. The predicted octanol–water partition coefficient (Wildman–Crippen LogP) is 0.581. The molecule has 2 unspecified atom stereocenters. The quantitative estimate of drug-likeness (QED) is 0.720. The van der Waals surface area contributed by atoms with Gasteiger partial charge in [-0.3, -0.25) is 9.80 Å². The molecule has 0 saturated carbocycles. The third kappa shape index (κ3) is 2.45. The van der Waals surface area contributed by atoms with Gasteiger partial charge in [0, 0.05) is 32.1 Å². The molecule has 0 spiro atoms. The van der Waals surface area contributed by atoms with E-state index in [0.717, 1.165) is 19.4 Å². The smallest absolute Gasteiger partial charge is 0.238 e. The van der Waals surface area contributed by atoms with E-state index in [9.17, 15) is 4.79 Å². The number of rotatable bonds is 4. The summed E-state index contributed by atoms with van der Waals surface area (Å²) in [5.74, 6) is 0.236. The molecule has 4 heteroatoms. The minimum absolute atomic E-state index is 0.164. The molecule has 0 bridgehead atoms. The number of hydrogen-bond donors (Lipinski definition) is 1. The van der Waals surface area contributed by atoms with Gasteiger partial charge in [0.05, 0.1) is 0 Å². The Kier molecular flexibility index (Phi) is 3.89. The lowest BCUT2D eigenvalue weighted by molar-refractivity contribution is -0.137. The van der Waals surface area contributed by atoms with Crippen LogP contribution in [0.1, 0.15) is 33.1 Å². The molecule has 1 heterocycles. The van der Waals surface area contributed by atoms with E-state index >= 15 is 0 Å². The van der Waals surface area contributed by atoms with Gasteiger partial charge in [-0.15, -0.1) is 0 Å². The lowest BCUT2D eigenvalue weighted by Gasteiger charge is -2.28. The van der Waals surface area contributed by atoms with Gasteiger partial charge >= 0.3 is 0 Å². The van der Waals surface area contributed by atoms with E-state index in [1.165, 1.54) is 0 Å². The fourth-order valence-electron chi connectivity index (χ4n) is 1.83. The molecule has 0 aromatic carbocycles. The summed E-state index contributed by atoms with van der Waals surface area (Å²) in [5.41, 5.74) is 5.67. The van der Waals surface area contributed by atoms with Crippen molar-refractivity contribution in [3.63, 3.8) is 0 Å². The molecule has 1 saturated heterocycles. The summed E-state index contributed by atoms with van der Waals surface area (Å²) >= 11 is 0. The highest BCUT2D eigenvalue weighted by molar-refractivity contribution is 5.78. The van der Waals surface area contributed by atoms with Crippen molar-refractivity contribution in [3.8, 4) is 0 Å². The van der Waals surface area contributed by atoms with Crippen LogP contribution in [0.3, 0.4) is 0 Å². The van der Waals surface area contributed by atoms with Crippen LogP contribution >= 0.6 is 0 Å². The minimum atomic E-state index is 0.164. The van der Waals surface area contributed by atoms with E-state index in [1.807, 2.05) is 19.0 Å². The SMILES string of the molecule is CCC1CC(=O)N(CCC(C)N)N1C. The van der Waals surface area contributed by atoms with Crippen molar-refractivity contribution in [3.05, 3.63) is 0 Å². The topological polar surface area (TPSA) is 49.6 Å². The number of carbonyl (C=O) groups is 1. The maximum Gasteiger partial charge on any atom is 0.238 e. The molecule has 1 rings (SSSR count). The van der Waals surface area contributed by atoms with Crippen LogP contribution in [0, 0.1) is 0 Å². The molecule has 2 N–H and O–H groups in total. The lowest BCUT2D eigenvalue weighted by Crippen LogP contribution is -2.41. The fourth-order valence-corrected chi connectivity index (χ4v) is 1.83. The number of nitrogens with two attached hydrogens (primary N) is 1. The van der Waals surface area contributed by atoms with Crippen LogP contribution in [0.25, 0.3) is 0 Å². The van der Waals surface area contributed by atoms with Crippen molar-refractivity contribution in [2.75, 3.05) is 13.6 Å². The number of carbonyl (C=O) groups excluding carboxylic acids is 1. The van der Waals surface area contributed by atoms with Crippen LogP contribution in [0.2, 0.25) is 0 Å². The molecule has 0 aliphatic carbocycles. The van der Waals surface area contributed by atoms with Gasteiger partial charge < -0.3 is 5.73 Å². The highest BCUT2D eigenvalue weighted by Crippen LogP contribution is 2.20. The first kappa shape index (κ1) is 11.5. The van der Waals surface area contributed by atoms with Crippen LogP contribution < -0.4 is 5.73 Å². The number of hydrazine groups is 1. The summed E-state index contributed by atoms with van der Waals surface area (Å²) in [6.45, 7) is 4.84. The van der Waals surface area contributed by atoms with E-state index < -0.39 is 0 Å². The number of nitrogens with zero attached hydrogens (tertiary/aromatic N) is 2. The molecule has 1 aliphatic rings. The van der Waals surface area contributed by atoms with Crippen LogP contribution in [0.4, 0.5) is 0 Å². The molecule has 1 amide bonds. The Bertz CT molecular complexity index is 206. The largest absolute Gasteiger partial charge is 0.328 e. The molecule has 4 nitrogen and oxygen atoms in total. The zero-order chi connectivity index (χ0) is 10.7. The molecule has 14 heavy (non-hydrogen) atoms. The summed E-state index contributed by atoms with van der Waals surface area (Å²) < 4.78 is 0. The van der Waals surface area contributed by atoms with Gasteiger partial charge in [0.25, 0.3) is 0 Å². The number of hydrogen-bond acceptors (Lipinski definition) is 3. The summed E-state index contributed by atoms with van der Waals surface area (Å²) in [4.78, 5) is 11.6. The maximum atomic E-state index is 11.6. The maximum absolute atomic E-state index is 11.6. The van der Waals surface area contributed by atoms with Gasteiger partial charge in [0.1, 0.15) is 0 Å². The van der Waals surface area contributed by atoms with Crippen LogP contribution in [-0.2, 0) is 4.79 Å². The van der Waals surface area contributed by atoms with E-state index in [4.69, 9.17) is 5.73 Å². The summed E-state index contributed by atoms with van der Waals surface area (Å²) in [5, 5.41) is 3.89. The van der Waals surface area contributed by atoms with Crippen LogP contribution in [-0.4, -0.2) is 41.6 Å². The van der Waals surface area contributed by atoms with Gasteiger partial charge in [0.15, 0.2) is 0 Å². The first-order chi connectivity index (χ1) is 6.56. The average molecular weight is 199 g/mol. The monoisotopic (exact) mass is 199 g/mol. The molecule has 0 radical (unpaired) electrons. The highest BCUT2D eigenvalue weighted by atomic mass is 16.2. The first-order valence-electron chi connectivity index (χ1n) is 5.35. The first-order valence-corrected chi connectivity index (χ1v) is 5.35. The third-order valence-corrected chi connectivity index (χ3v) is 2.87. The number of amides is 1.